The predicted molar refractivity (Wildman–Crippen MR) is 93.7 cm³/mol. The summed E-state index contributed by atoms with van der Waals surface area (Å²) in [6.07, 6.45) is 1.70. The largest absolute Gasteiger partial charge is 0.379 e. The number of nitrogens with one attached hydrogen (secondary N) is 1. The Morgan fingerprint density at radius 2 is 2.09 bits per heavy atom. The molecule has 1 aliphatic heterocycles. The van der Waals surface area contributed by atoms with Crippen molar-refractivity contribution in [1.29, 1.82) is 0 Å². The Labute approximate surface area is 140 Å². The number of piperazine rings is 1. The van der Waals surface area contributed by atoms with E-state index in [1.54, 1.807) is 6.20 Å². The molecule has 1 aliphatic rings. The molecule has 0 unspecified atom stereocenters. The van der Waals surface area contributed by atoms with E-state index in [1.165, 1.54) is 16.9 Å². The van der Waals surface area contributed by atoms with Gasteiger partial charge < -0.3 is 10.2 Å². The summed E-state index contributed by atoms with van der Waals surface area (Å²) >= 11 is 7.42. The molecular formula is C16H21ClN4S. The number of anilines is 1. The molecule has 1 saturated heterocycles. The number of thiazole rings is 1. The Morgan fingerprint density at radius 3 is 2.82 bits per heavy atom. The Balaban J connectivity index is 1.55. The number of hydrogen-bond acceptors (Lipinski definition) is 5. The number of halogens is 1. The van der Waals surface area contributed by atoms with Gasteiger partial charge in [-0.3, -0.25) is 4.90 Å². The standard InChI is InChI=1S/C16H21ClN4S/c1-20-5-7-21(8-6-20)12-13-3-2-4-14(9-13)18-11-16-19-10-15(17)22-16/h2-4,9-10,18H,5-8,11-12H2,1H3. The molecule has 0 amide bonds. The van der Waals surface area contributed by atoms with Crippen molar-refractivity contribution in [1.82, 2.24) is 14.8 Å². The molecule has 22 heavy (non-hydrogen) atoms. The van der Waals surface area contributed by atoms with E-state index < -0.39 is 0 Å². The normalized spacial score (nSPS) is 16.8. The van der Waals surface area contributed by atoms with E-state index in [4.69, 9.17) is 11.6 Å². The molecule has 6 heteroatoms. The molecule has 1 aromatic heterocycles. The number of benzene rings is 1. The third-order valence-electron chi connectivity index (χ3n) is 3.90. The van der Waals surface area contributed by atoms with Crippen molar-refractivity contribution >= 4 is 28.6 Å². The summed E-state index contributed by atoms with van der Waals surface area (Å²) in [5, 5.41) is 4.43. The monoisotopic (exact) mass is 336 g/mol. The van der Waals surface area contributed by atoms with Crippen LogP contribution >= 0.6 is 22.9 Å². The summed E-state index contributed by atoms with van der Waals surface area (Å²) < 4.78 is 0.737. The zero-order valence-corrected chi connectivity index (χ0v) is 14.3. The SMILES string of the molecule is CN1CCN(Cc2cccc(NCc3ncc(Cl)s3)c2)CC1. The zero-order chi connectivity index (χ0) is 15.4. The van der Waals surface area contributed by atoms with Gasteiger partial charge in [0.1, 0.15) is 9.34 Å². The molecule has 0 bridgehead atoms. The van der Waals surface area contributed by atoms with E-state index in [0.29, 0.717) is 0 Å². The molecule has 3 rings (SSSR count). The van der Waals surface area contributed by atoms with Gasteiger partial charge in [0.15, 0.2) is 0 Å². The van der Waals surface area contributed by atoms with E-state index in [2.05, 4.69) is 51.4 Å². The van der Waals surface area contributed by atoms with Crippen molar-refractivity contribution in [3.05, 3.63) is 45.4 Å². The van der Waals surface area contributed by atoms with Gasteiger partial charge in [0.05, 0.1) is 12.7 Å². The highest BCUT2D eigenvalue weighted by Crippen LogP contribution is 2.20. The van der Waals surface area contributed by atoms with E-state index in [0.717, 1.165) is 54.3 Å². The predicted octanol–water partition coefficient (Wildman–Crippen LogP) is 3.16. The number of hydrogen-bond donors (Lipinski definition) is 1. The molecule has 0 spiro atoms. The number of aromatic nitrogens is 1. The van der Waals surface area contributed by atoms with Gasteiger partial charge in [0.25, 0.3) is 0 Å². The third kappa shape index (κ3) is 4.43. The molecular weight excluding hydrogens is 316 g/mol. The van der Waals surface area contributed by atoms with Crippen LogP contribution in [0.5, 0.6) is 0 Å². The van der Waals surface area contributed by atoms with Crippen LogP contribution < -0.4 is 5.32 Å². The van der Waals surface area contributed by atoms with E-state index in [9.17, 15) is 0 Å². The Hall–Kier alpha value is -1.14. The fraction of sp³-hybridized carbons (Fsp3) is 0.438. The summed E-state index contributed by atoms with van der Waals surface area (Å²) in [6.45, 7) is 6.34. The molecule has 1 fully saturated rings. The van der Waals surface area contributed by atoms with Crippen LogP contribution in [0, 0.1) is 0 Å². The topological polar surface area (TPSA) is 31.4 Å². The fourth-order valence-electron chi connectivity index (χ4n) is 2.59. The number of likely N-dealkylation sites (N-methyl/N-ethyl adjacent to an activating group) is 1. The van der Waals surface area contributed by atoms with Crippen LogP contribution in [0.25, 0.3) is 0 Å². The minimum Gasteiger partial charge on any atom is -0.379 e. The molecule has 1 aromatic carbocycles. The van der Waals surface area contributed by atoms with Crippen molar-refractivity contribution in [2.75, 3.05) is 38.5 Å². The van der Waals surface area contributed by atoms with Crippen LogP contribution in [0.2, 0.25) is 4.34 Å². The first-order chi connectivity index (χ1) is 10.7. The molecule has 0 radical (unpaired) electrons. The maximum absolute atomic E-state index is 5.91. The quantitative estimate of drug-likeness (QED) is 0.908. The van der Waals surface area contributed by atoms with Gasteiger partial charge in [-0.25, -0.2) is 4.98 Å². The molecule has 118 valence electrons. The Bertz CT molecular complexity index is 608. The van der Waals surface area contributed by atoms with Gasteiger partial charge in [0.2, 0.25) is 0 Å². The van der Waals surface area contributed by atoms with Crippen molar-refractivity contribution in [3.8, 4) is 0 Å². The summed E-state index contributed by atoms with van der Waals surface area (Å²) in [7, 11) is 2.19. The van der Waals surface area contributed by atoms with Crippen molar-refractivity contribution in [2.24, 2.45) is 0 Å². The number of nitrogens with zero attached hydrogens (tertiary/aromatic N) is 3. The van der Waals surface area contributed by atoms with Crippen LogP contribution in [0.15, 0.2) is 30.5 Å². The second-order valence-electron chi connectivity index (χ2n) is 5.69. The maximum Gasteiger partial charge on any atom is 0.113 e. The third-order valence-corrected chi connectivity index (χ3v) is 5.01. The van der Waals surface area contributed by atoms with Gasteiger partial charge in [-0.15, -0.1) is 11.3 Å². The lowest BCUT2D eigenvalue weighted by Crippen LogP contribution is -2.43. The minimum absolute atomic E-state index is 0.718. The maximum atomic E-state index is 5.91. The van der Waals surface area contributed by atoms with E-state index in [-0.39, 0.29) is 0 Å². The van der Waals surface area contributed by atoms with Gasteiger partial charge in [-0.05, 0) is 24.7 Å². The van der Waals surface area contributed by atoms with Gasteiger partial charge >= 0.3 is 0 Å². The van der Waals surface area contributed by atoms with Crippen LogP contribution in [0.4, 0.5) is 5.69 Å². The molecule has 0 atom stereocenters. The molecule has 2 aromatic rings. The summed E-state index contributed by atoms with van der Waals surface area (Å²) in [4.78, 5) is 9.16. The van der Waals surface area contributed by atoms with Crippen molar-refractivity contribution in [2.45, 2.75) is 13.1 Å². The summed E-state index contributed by atoms with van der Waals surface area (Å²) in [6, 6.07) is 8.64. The van der Waals surface area contributed by atoms with Crippen LogP contribution in [0.3, 0.4) is 0 Å². The summed E-state index contributed by atoms with van der Waals surface area (Å²) in [5.74, 6) is 0. The average molecular weight is 337 g/mol. The van der Waals surface area contributed by atoms with Crippen molar-refractivity contribution in [3.63, 3.8) is 0 Å². The molecule has 4 nitrogen and oxygen atoms in total. The number of rotatable bonds is 5. The first-order valence-corrected chi connectivity index (χ1v) is 8.72. The van der Waals surface area contributed by atoms with Crippen LogP contribution in [-0.4, -0.2) is 48.0 Å². The highest BCUT2D eigenvalue weighted by molar-refractivity contribution is 7.15. The highest BCUT2D eigenvalue weighted by atomic mass is 35.5. The van der Waals surface area contributed by atoms with Crippen molar-refractivity contribution < 1.29 is 0 Å². The fourth-order valence-corrected chi connectivity index (χ4v) is 3.49. The second-order valence-corrected chi connectivity index (χ2v) is 7.44. The zero-order valence-electron chi connectivity index (χ0n) is 12.8. The van der Waals surface area contributed by atoms with Gasteiger partial charge in [-0.1, -0.05) is 23.7 Å². The lowest BCUT2D eigenvalue weighted by molar-refractivity contribution is 0.148. The lowest BCUT2D eigenvalue weighted by Gasteiger charge is -2.32. The minimum atomic E-state index is 0.718. The molecule has 2 heterocycles. The first kappa shape index (κ1) is 15.7. The molecule has 0 aliphatic carbocycles. The highest BCUT2D eigenvalue weighted by Gasteiger charge is 2.13. The average Bonchev–Trinajstić information content (AvgIpc) is 2.94. The van der Waals surface area contributed by atoms with Gasteiger partial charge in [-0.2, -0.15) is 0 Å². The summed E-state index contributed by atoms with van der Waals surface area (Å²) in [5.41, 5.74) is 2.49. The van der Waals surface area contributed by atoms with Crippen LogP contribution in [0.1, 0.15) is 10.6 Å². The van der Waals surface area contributed by atoms with E-state index >= 15 is 0 Å². The van der Waals surface area contributed by atoms with Crippen LogP contribution in [-0.2, 0) is 13.1 Å². The Kier molecular flexibility index (Phi) is 5.31. The second kappa shape index (κ2) is 7.42. The molecule has 1 N–H and O–H groups in total. The first-order valence-electron chi connectivity index (χ1n) is 7.53. The Morgan fingerprint density at radius 1 is 1.27 bits per heavy atom. The lowest BCUT2D eigenvalue weighted by atomic mass is 10.1. The molecule has 0 saturated carbocycles. The van der Waals surface area contributed by atoms with E-state index in [1.807, 2.05) is 0 Å². The smallest absolute Gasteiger partial charge is 0.113 e. The van der Waals surface area contributed by atoms with Gasteiger partial charge in [0, 0.05) is 38.4 Å².